The Kier molecular flexibility index (Phi) is 4.30. The second-order valence-electron chi connectivity index (χ2n) is 5.95. The highest BCUT2D eigenvalue weighted by Crippen LogP contribution is 2.41. The number of methoxy groups -OCH3 is 1. The van der Waals surface area contributed by atoms with Gasteiger partial charge >= 0.3 is 0 Å². The van der Waals surface area contributed by atoms with Crippen LogP contribution in [0.25, 0.3) is 0 Å². The second-order valence-corrected chi connectivity index (χ2v) is 5.95. The van der Waals surface area contributed by atoms with Crippen LogP contribution in [-0.4, -0.2) is 31.6 Å². The standard InChI is InChI=1S/C20H23NO/c1-4-12-21(2)19-14-16-13-17(22-3)10-11-18(16)20(19)15-8-6-5-7-9-15/h4-11,13,19-20H,1,12,14H2,2-3H3/t19-,20-/m1/s1. The summed E-state index contributed by atoms with van der Waals surface area (Å²) in [5, 5.41) is 0. The first kappa shape index (κ1) is 14.9. The monoisotopic (exact) mass is 293 g/mol. The molecular formula is C20H23NO. The lowest BCUT2D eigenvalue weighted by Gasteiger charge is -2.29. The Hall–Kier alpha value is -2.06. The number of fused-ring (bicyclic) bond motifs is 1. The summed E-state index contributed by atoms with van der Waals surface area (Å²) < 4.78 is 5.39. The van der Waals surface area contributed by atoms with Gasteiger partial charge in [-0.1, -0.05) is 42.5 Å². The molecule has 0 spiro atoms. The Morgan fingerprint density at radius 1 is 1.23 bits per heavy atom. The van der Waals surface area contributed by atoms with Crippen LogP contribution in [0, 0.1) is 0 Å². The molecule has 0 unspecified atom stereocenters. The van der Waals surface area contributed by atoms with Crippen molar-refractivity contribution in [1.82, 2.24) is 4.90 Å². The third kappa shape index (κ3) is 2.67. The van der Waals surface area contributed by atoms with E-state index in [0.717, 1.165) is 18.7 Å². The van der Waals surface area contributed by atoms with Gasteiger partial charge in [-0.25, -0.2) is 0 Å². The maximum absolute atomic E-state index is 5.39. The summed E-state index contributed by atoms with van der Waals surface area (Å²) >= 11 is 0. The second kappa shape index (κ2) is 6.37. The zero-order chi connectivity index (χ0) is 15.5. The van der Waals surface area contributed by atoms with Crippen LogP contribution < -0.4 is 4.74 Å². The predicted molar refractivity (Wildman–Crippen MR) is 91.6 cm³/mol. The molecule has 0 fully saturated rings. The van der Waals surface area contributed by atoms with Gasteiger partial charge in [0.1, 0.15) is 5.75 Å². The van der Waals surface area contributed by atoms with Gasteiger partial charge in [0.05, 0.1) is 7.11 Å². The van der Waals surface area contributed by atoms with Crippen LogP contribution in [0.15, 0.2) is 61.2 Å². The maximum atomic E-state index is 5.39. The average molecular weight is 293 g/mol. The van der Waals surface area contributed by atoms with Crippen molar-refractivity contribution >= 4 is 0 Å². The maximum Gasteiger partial charge on any atom is 0.119 e. The van der Waals surface area contributed by atoms with E-state index < -0.39 is 0 Å². The van der Waals surface area contributed by atoms with Gasteiger partial charge in [-0.05, 0) is 42.3 Å². The van der Waals surface area contributed by atoms with Crippen LogP contribution in [0.4, 0.5) is 0 Å². The molecule has 0 bridgehead atoms. The molecule has 1 aliphatic rings. The molecule has 1 aliphatic carbocycles. The highest BCUT2D eigenvalue weighted by atomic mass is 16.5. The third-order valence-electron chi connectivity index (χ3n) is 4.64. The average Bonchev–Trinajstić information content (AvgIpc) is 2.94. The Morgan fingerprint density at radius 2 is 2.00 bits per heavy atom. The van der Waals surface area contributed by atoms with E-state index in [0.29, 0.717) is 12.0 Å². The van der Waals surface area contributed by atoms with Gasteiger partial charge in [0.25, 0.3) is 0 Å². The van der Waals surface area contributed by atoms with Gasteiger partial charge in [-0.2, -0.15) is 0 Å². The minimum Gasteiger partial charge on any atom is -0.497 e. The minimum absolute atomic E-state index is 0.409. The van der Waals surface area contributed by atoms with Gasteiger partial charge in [0.15, 0.2) is 0 Å². The van der Waals surface area contributed by atoms with Gasteiger partial charge in [0.2, 0.25) is 0 Å². The number of ether oxygens (including phenoxy) is 1. The van der Waals surface area contributed by atoms with E-state index in [1.54, 1.807) is 7.11 Å². The van der Waals surface area contributed by atoms with Crippen molar-refractivity contribution in [1.29, 1.82) is 0 Å². The molecule has 0 heterocycles. The lowest BCUT2D eigenvalue weighted by atomic mass is 9.89. The van der Waals surface area contributed by atoms with E-state index in [1.165, 1.54) is 16.7 Å². The highest BCUT2D eigenvalue weighted by molar-refractivity contribution is 5.48. The Bertz CT molecular complexity index is 650. The van der Waals surface area contributed by atoms with E-state index in [-0.39, 0.29) is 0 Å². The molecule has 0 amide bonds. The van der Waals surface area contributed by atoms with Crippen LogP contribution in [-0.2, 0) is 6.42 Å². The molecule has 2 nitrogen and oxygen atoms in total. The van der Waals surface area contributed by atoms with E-state index in [9.17, 15) is 0 Å². The van der Waals surface area contributed by atoms with Crippen LogP contribution in [0.2, 0.25) is 0 Å². The largest absolute Gasteiger partial charge is 0.497 e. The van der Waals surface area contributed by atoms with E-state index in [4.69, 9.17) is 4.74 Å². The molecule has 0 N–H and O–H groups in total. The SMILES string of the molecule is C=CCN(C)[C@@H]1Cc2cc(OC)ccc2[C@H]1c1ccccc1. The Morgan fingerprint density at radius 3 is 2.68 bits per heavy atom. The zero-order valence-corrected chi connectivity index (χ0v) is 13.3. The quantitative estimate of drug-likeness (QED) is 0.776. The fourth-order valence-corrected chi connectivity index (χ4v) is 3.55. The number of hydrogen-bond donors (Lipinski definition) is 0. The molecule has 114 valence electrons. The zero-order valence-electron chi connectivity index (χ0n) is 13.3. The summed E-state index contributed by atoms with van der Waals surface area (Å²) in [6.45, 7) is 4.79. The van der Waals surface area contributed by atoms with Crippen molar-refractivity contribution in [2.45, 2.75) is 18.4 Å². The summed E-state index contributed by atoms with van der Waals surface area (Å²) in [7, 11) is 3.91. The molecule has 2 atom stereocenters. The van der Waals surface area contributed by atoms with Crippen LogP contribution in [0.5, 0.6) is 5.75 Å². The molecule has 2 aromatic rings. The molecule has 2 heteroatoms. The number of hydrogen-bond acceptors (Lipinski definition) is 2. The summed E-state index contributed by atoms with van der Waals surface area (Å²) in [5.74, 6) is 1.35. The molecule has 3 rings (SSSR count). The van der Waals surface area contributed by atoms with Gasteiger partial charge in [-0.3, -0.25) is 4.90 Å². The highest BCUT2D eigenvalue weighted by Gasteiger charge is 2.35. The molecule has 0 radical (unpaired) electrons. The van der Waals surface area contributed by atoms with Gasteiger partial charge < -0.3 is 4.74 Å². The summed E-state index contributed by atoms with van der Waals surface area (Å²) in [5.41, 5.74) is 4.20. The summed E-state index contributed by atoms with van der Waals surface area (Å²) in [6.07, 6.45) is 3.03. The third-order valence-corrected chi connectivity index (χ3v) is 4.64. The Balaban J connectivity index is 2.03. The van der Waals surface area contributed by atoms with Crippen LogP contribution in [0.1, 0.15) is 22.6 Å². The topological polar surface area (TPSA) is 12.5 Å². The molecule has 0 saturated heterocycles. The van der Waals surface area contributed by atoms with Crippen molar-refractivity contribution in [2.75, 3.05) is 20.7 Å². The first-order valence-corrected chi connectivity index (χ1v) is 7.77. The molecule has 0 saturated carbocycles. The van der Waals surface area contributed by atoms with Gasteiger partial charge in [-0.15, -0.1) is 6.58 Å². The first-order chi connectivity index (χ1) is 10.7. The fraction of sp³-hybridized carbons (Fsp3) is 0.300. The first-order valence-electron chi connectivity index (χ1n) is 7.77. The minimum atomic E-state index is 0.409. The fourth-order valence-electron chi connectivity index (χ4n) is 3.55. The Labute approximate surface area is 133 Å². The number of benzene rings is 2. The number of nitrogens with zero attached hydrogens (tertiary/aromatic N) is 1. The number of likely N-dealkylation sites (N-methyl/N-ethyl adjacent to an activating group) is 1. The number of rotatable bonds is 5. The van der Waals surface area contributed by atoms with Crippen molar-refractivity contribution in [3.63, 3.8) is 0 Å². The van der Waals surface area contributed by atoms with Crippen LogP contribution >= 0.6 is 0 Å². The van der Waals surface area contributed by atoms with Crippen molar-refractivity contribution in [3.05, 3.63) is 77.9 Å². The molecule has 0 aliphatic heterocycles. The van der Waals surface area contributed by atoms with Crippen LogP contribution in [0.3, 0.4) is 0 Å². The van der Waals surface area contributed by atoms with E-state index >= 15 is 0 Å². The smallest absolute Gasteiger partial charge is 0.119 e. The molecule has 22 heavy (non-hydrogen) atoms. The van der Waals surface area contributed by atoms with Crippen molar-refractivity contribution in [2.24, 2.45) is 0 Å². The lowest BCUT2D eigenvalue weighted by molar-refractivity contribution is 0.256. The normalized spacial score (nSPS) is 20.0. The van der Waals surface area contributed by atoms with E-state index in [1.807, 2.05) is 6.08 Å². The van der Waals surface area contributed by atoms with E-state index in [2.05, 4.69) is 67.1 Å². The summed E-state index contributed by atoms with van der Waals surface area (Å²) in [4.78, 5) is 2.40. The molecular weight excluding hydrogens is 270 g/mol. The van der Waals surface area contributed by atoms with Crippen molar-refractivity contribution in [3.8, 4) is 5.75 Å². The molecule has 2 aromatic carbocycles. The van der Waals surface area contributed by atoms with Crippen molar-refractivity contribution < 1.29 is 4.74 Å². The van der Waals surface area contributed by atoms with Gasteiger partial charge in [0, 0.05) is 18.5 Å². The summed E-state index contributed by atoms with van der Waals surface area (Å²) in [6, 6.07) is 17.8. The predicted octanol–water partition coefficient (Wildman–Crippen LogP) is 3.87. The molecule has 0 aromatic heterocycles. The lowest BCUT2D eigenvalue weighted by Crippen LogP contribution is -2.35.